The van der Waals surface area contributed by atoms with Gasteiger partial charge in [0.15, 0.2) is 0 Å². The third-order valence-corrected chi connectivity index (χ3v) is 7.37. The van der Waals surface area contributed by atoms with E-state index in [1.807, 2.05) is 0 Å². The van der Waals surface area contributed by atoms with Crippen LogP contribution in [-0.2, 0) is 12.8 Å². The fourth-order valence-corrected chi connectivity index (χ4v) is 5.89. The summed E-state index contributed by atoms with van der Waals surface area (Å²) in [6, 6.07) is 13.1. The minimum atomic E-state index is 0.172. The lowest BCUT2D eigenvalue weighted by molar-refractivity contribution is 0.0224. The largest absolute Gasteiger partial charge is 0.339 e. The van der Waals surface area contributed by atoms with Crippen molar-refractivity contribution in [1.29, 1.82) is 0 Å². The summed E-state index contributed by atoms with van der Waals surface area (Å²) in [5, 5.41) is 0. The summed E-state index contributed by atoms with van der Waals surface area (Å²) in [6.45, 7) is 4.02. The number of carbonyl (C=O) groups excluding carboxylic acids is 1. The molecule has 2 aromatic rings. The molecule has 3 aliphatic rings. The average Bonchev–Trinajstić information content (AvgIpc) is 3.22. The van der Waals surface area contributed by atoms with Crippen molar-refractivity contribution in [3.05, 3.63) is 65.0 Å². The van der Waals surface area contributed by atoms with Crippen molar-refractivity contribution in [2.45, 2.75) is 44.4 Å². The van der Waals surface area contributed by atoms with Crippen LogP contribution in [0, 0.1) is 5.41 Å². The molecule has 152 valence electrons. The molecule has 29 heavy (non-hydrogen) atoms. The number of pyridine rings is 1. The van der Waals surface area contributed by atoms with Crippen LogP contribution < -0.4 is 0 Å². The predicted molar refractivity (Wildman–Crippen MR) is 115 cm³/mol. The minimum absolute atomic E-state index is 0.172. The Labute approximate surface area is 173 Å². The Kier molecular flexibility index (Phi) is 4.91. The van der Waals surface area contributed by atoms with Crippen molar-refractivity contribution in [3.8, 4) is 0 Å². The van der Waals surface area contributed by atoms with Crippen molar-refractivity contribution in [3.63, 3.8) is 0 Å². The van der Waals surface area contributed by atoms with E-state index in [0.717, 1.165) is 57.4 Å². The molecule has 5 rings (SSSR count). The van der Waals surface area contributed by atoms with Gasteiger partial charge in [0.05, 0.1) is 5.56 Å². The molecule has 0 unspecified atom stereocenters. The lowest BCUT2D eigenvalue weighted by Crippen LogP contribution is -2.51. The van der Waals surface area contributed by atoms with E-state index in [4.69, 9.17) is 0 Å². The maximum absolute atomic E-state index is 13.1. The normalized spacial score (nSPS) is 23.9. The summed E-state index contributed by atoms with van der Waals surface area (Å²) in [4.78, 5) is 22.2. The summed E-state index contributed by atoms with van der Waals surface area (Å²) in [7, 11) is 2.25. The number of benzene rings is 1. The number of fused-ring (bicyclic) bond motifs is 1. The molecule has 0 N–H and O–H groups in total. The van der Waals surface area contributed by atoms with Crippen LogP contribution in [0.15, 0.2) is 42.6 Å². The number of likely N-dealkylation sites (tertiary alicyclic amines) is 2. The van der Waals surface area contributed by atoms with E-state index in [0.29, 0.717) is 11.3 Å². The summed E-state index contributed by atoms with van der Waals surface area (Å²) in [5.74, 6) is 0.768. The van der Waals surface area contributed by atoms with Crippen molar-refractivity contribution >= 4 is 5.91 Å². The standard InChI is InChI=1S/C25H31N3O/c1-27-17-22(19-6-3-2-4-7-19)15-25(18-27)10-12-28(13-11-25)24(29)21-14-20-8-5-9-23(20)26-16-21/h2-4,6-7,14,16,22H,5,8-13,15,17-18H2,1H3/t22-/m0/s1. The Balaban J connectivity index is 1.27. The first-order chi connectivity index (χ1) is 14.1. The third kappa shape index (κ3) is 3.71. The number of carbonyl (C=O) groups is 1. The van der Waals surface area contributed by atoms with Gasteiger partial charge in [0.2, 0.25) is 0 Å². The van der Waals surface area contributed by atoms with Crippen molar-refractivity contribution in [2.75, 3.05) is 33.2 Å². The van der Waals surface area contributed by atoms with Gasteiger partial charge in [-0.15, -0.1) is 0 Å². The highest BCUT2D eigenvalue weighted by Gasteiger charge is 2.42. The van der Waals surface area contributed by atoms with Gasteiger partial charge in [-0.05, 0) is 74.1 Å². The summed E-state index contributed by atoms with van der Waals surface area (Å²) in [6.07, 6.45) is 8.55. The molecule has 4 heteroatoms. The zero-order chi connectivity index (χ0) is 19.8. The molecule has 1 aromatic carbocycles. The van der Waals surface area contributed by atoms with Gasteiger partial charge in [-0.25, -0.2) is 0 Å². The topological polar surface area (TPSA) is 36.4 Å². The molecule has 2 saturated heterocycles. The third-order valence-electron chi connectivity index (χ3n) is 7.37. The smallest absolute Gasteiger partial charge is 0.255 e. The van der Waals surface area contributed by atoms with Gasteiger partial charge in [0.1, 0.15) is 0 Å². The van der Waals surface area contributed by atoms with E-state index >= 15 is 0 Å². The van der Waals surface area contributed by atoms with E-state index in [-0.39, 0.29) is 5.91 Å². The highest BCUT2D eigenvalue weighted by molar-refractivity contribution is 5.94. The maximum Gasteiger partial charge on any atom is 0.255 e. The second kappa shape index (κ2) is 7.56. The molecule has 2 aliphatic heterocycles. The van der Waals surface area contributed by atoms with Crippen LogP contribution in [0.4, 0.5) is 0 Å². The first kappa shape index (κ1) is 18.8. The molecule has 0 saturated carbocycles. The number of rotatable bonds is 2. The second-order valence-electron chi connectivity index (χ2n) is 9.48. The number of amides is 1. The molecule has 1 amide bonds. The first-order valence-corrected chi connectivity index (χ1v) is 11.1. The molecule has 4 nitrogen and oxygen atoms in total. The van der Waals surface area contributed by atoms with Crippen LogP contribution in [0.3, 0.4) is 0 Å². The van der Waals surface area contributed by atoms with Crippen LogP contribution >= 0.6 is 0 Å². The summed E-state index contributed by atoms with van der Waals surface area (Å²) >= 11 is 0. The van der Waals surface area contributed by atoms with Crippen LogP contribution in [0.5, 0.6) is 0 Å². The summed E-state index contributed by atoms with van der Waals surface area (Å²) in [5.41, 5.74) is 5.05. The predicted octanol–water partition coefficient (Wildman–Crippen LogP) is 3.91. The molecular formula is C25H31N3O. The molecule has 2 fully saturated rings. The SMILES string of the molecule is CN1C[C@@H](c2ccccc2)CC2(CCN(C(=O)c3cnc4c(c3)CCC4)CC2)C1. The Hall–Kier alpha value is -2.20. The van der Waals surface area contributed by atoms with Gasteiger partial charge in [-0.2, -0.15) is 0 Å². The van der Waals surface area contributed by atoms with E-state index in [9.17, 15) is 4.79 Å². The molecule has 1 atom stereocenters. The molecule has 0 bridgehead atoms. The van der Waals surface area contributed by atoms with Crippen molar-refractivity contribution in [1.82, 2.24) is 14.8 Å². The Bertz CT molecular complexity index is 886. The summed E-state index contributed by atoms with van der Waals surface area (Å²) < 4.78 is 0. The van der Waals surface area contributed by atoms with Crippen LogP contribution in [0.2, 0.25) is 0 Å². The van der Waals surface area contributed by atoms with Crippen LogP contribution in [0.1, 0.15) is 58.8 Å². The zero-order valence-corrected chi connectivity index (χ0v) is 17.4. The monoisotopic (exact) mass is 389 g/mol. The highest BCUT2D eigenvalue weighted by Crippen LogP contribution is 2.44. The fraction of sp³-hybridized carbons (Fsp3) is 0.520. The fourth-order valence-electron chi connectivity index (χ4n) is 5.89. The van der Waals surface area contributed by atoms with Gasteiger partial charge in [-0.3, -0.25) is 9.78 Å². The van der Waals surface area contributed by atoms with E-state index in [2.05, 4.69) is 58.2 Å². The van der Waals surface area contributed by atoms with Crippen LogP contribution in [-0.4, -0.2) is 53.9 Å². The Morgan fingerprint density at radius 2 is 1.93 bits per heavy atom. The van der Waals surface area contributed by atoms with Gasteiger partial charge in [0.25, 0.3) is 5.91 Å². The number of nitrogens with zero attached hydrogens (tertiary/aromatic N) is 3. The number of aromatic nitrogens is 1. The van der Waals surface area contributed by atoms with Crippen molar-refractivity contribution in [2.24, 2.45) is 5.41 Å². The molecular weight excluding hydrogens is 358 g/mol. The van der Waals surface area contributed by atoms with Crippen molar-refractivity contribution < 1.29 is 4.79 Å². The molecule has 1 aliphatic carbocycles. The molecule has 1 aromatic heterocycles. The van der Waals surface area contributed by atoms with Gasteiger partial charge in [-0.1, -0.05) is 30.3 Å². The second-order valence-corrected chi connectivity index (χ2v) is 9.48. The average molecular weight is 390 g/mol. The van der Waals surface area contributed by atoms with Crippen LogP contribution in [0.25, 0.3) is 0 Å². The minimum Gasteiger partial charge on any atom is -0.339 e. The number of hydrogen-bond donors (Lipinski definition) is 0. The molecule has 3 heterocycles. The highest BCUT2D eigenvalue weighted by atomic mass is 16.2. The Morgan fingerprint density at radius 3 is 2.72 bits per heavy atom. The number of likely N-dealkylation sites (N-methyl/N-ethyl adjacent to an activating group) is 1. The number of hydrogen-bond acceptors (Lipinski definition) is 3. The lowest BCUT2D eigenvalue weighted by atomic mass is 9.68. The molecule has 1 spiro atoms. The lowest BCUT2D eigenvalue weighted by Gasteiger charge is -2.49. The Morgan fingerprint density at radius 1 is 1.14 bits per heavy atom. The van der Waals surface area contributed by atoms with Gasteiger partial charge in [0, 0.05) is 38.1 Å². The quantitative estimate of drug-likeness (QED) is 0.781. The van der Waals surface area contributed by atoms with E-state index < -0.39 is 0 Å². The van der Waals surface area contributed by atoms with E-state index in [1.54, 1.807) is 6.20 Å². The maximum atomic E-state index is 13.1. The van der Waals surface area contributed by atoms with E-state index in [1.165, 1.54) is 29.7 Å². The first-order valence-electron chi connectivity index (χ1n) is 11.1. The molecule has 0 radical (unpaired) electrons. The number of aryl methyl sites for hydroxylation is 2. The zero-order valence-electron chi connectivity index (χ0n) is 17.4. The van der Waals surface area contributed by atoms with Gasteiger partial charge < -0.3 is 9.80 Å². The number of piperidine rings is 2. The van der Waals surface area contributed by atoms with Gasteiger partial charge >= 0.3 is 0 Å².